The number of H-pyrrole nitrogens is 1. The highest BCUT2D eigenvalue weighted by atomic mass is 32.2. The summed E-state index contributed by atoms with van der Waals surface area (Å²) in [6.45, 7) is 4.10. The molecular weight excluding hydrogens is 312 g/mol. The quantitative estimate of drug-likeness (QED) is 0.621. The first kappa shape index (κ1) is 17.4. The molecule has 5 nitrogen and oxygen atoms in total. The third kappa shape index (κ3) is 4.51. The number of thioether (sulfide) groups is 1. The SMILES string of the molecule is CCCc1cc(=O)[nH]c(SCc2cc(OC)c(OC)cc2C)n1. The van der Waals surface area contributed by atoms with Gasteiger partial charge in [0.25, 0.3) is 5.56 Å². The first-order chi connectivity index (χ1) is 11.1. The maximum absolute atomic E-state index is 11.7. The van der Waals surface area contributed by atoms with E-state index in [-0.39, 0.29) is 5.56 Å². The molecule has 0 radical (unpaired) electrons. The summed E-state index contributed by atoms with van der Waals surface area (Å²) in [6.07, 6.45) is 1.78. The van der Waals surface area contributed by atoms with E-state index in [0.29, 0.717) is 16.7 Å². The van der Waals surface area contributed by atoms with Gasteiger partial charge >= 0.3 is 0 Å². The normalized spacial score (nSPS) is 10.6. The number of aryl methyl sites for hydroxylation is 2. The molecule has 6 heteroatoms. The molecule has 0 saturated carbocycles. The average molecular weight is 334 g/mol. The van der Waals surface area contributed by atoms with Gasteiger partial charge in [-0.15, -0.1) is 0 Å². The molecule has 1 heterocycles. The van der Waals surface area contributed by atoms with Gasteiger partial charge in [-0.25, -0.2) is 4.98 Å². The molecule has 1 aromatic heterocycles. The lowest BCUT2D eigenvalue weighted by molar-refractivity contribution is 0.354. The lowest BCUT2D eigenvalue weighted by Crippen LogP contribution is -2.10. The Bertz CT molecular complexity index is 728. The van der Waals surface area contributed by atoms with Crippen LogP contribution in [0.2, 0.25) is 0 Å². The van der Waals surface area contributed by atoms with Crippen LogP contribution in [0.25, 0.3) is 0 Å². The van der Waals surface area contributed by atoms with Crippen molar-refractivity contribution in [1.29, 1.82) is 0 Å². The molecule has 0 spiro atoms. The van der Waals surface area contributed by atoms with Crippen LogP contribution in [-0.2, 0) is 12.2 Å². The molecule has 0 amide bonds. The lowest BCUT2D eigenvalue weighted by Gasteiger charge is -2.12. The Kier molecular flexibility index (Phi) is 6.10. The molecular formula is C17H22N2O3S. The van der Waals surface area contributed by atoms with Crippen LogP contribution in [0, 0.1) is 6.92 Å². The zero-order valence-corrected chi connectivity index (χ0v) is 14.8. The van der Waals surface area contributed by atoms with Crippen LogP contribution < -0.4 is 15.0 Å². The van der Waals surface area contributed by atoms with E-state index in [0.717, 1.165) is 35.4 Å². The number of aromatic amines is 1. The minimum atomic E-state index is -0.102. The van der Waals surface area contributed by atoms with Crippen LogP contribution >= 0.6 is 11.8 Å². The van der Waals surface area contributed by atoms with Crippen molar-refractivity contribution in [2.75, 3.05) is 14.2 Å². The highest BCUT2D eigenvalue weighted by Crippen LogP contribution is 2.32. The van der Waals surface area contributed by atoms with Gasteiger partial charge in [0.15, 0.2) is 16.7 Å². The highest BCUT2D eigenvalue weighted by Gasteiger charge is 2.10. The summed E-state index contributed by atoms with van der Waals surface area (Å²) >= 11 is 1.51. The standard InChI is InChI=1S/C17H22N2O3S/c1-5-6-13-9-16(20)19-17(18-13)23-10-12-8-15(22-4)14(21-3)7-11(12)2/h7-9H,5-6,10H2,1-4H3,(H,18,19,20). The topological polar surface area (TPSA) is 64.2 Å². The summed E-state index contributed by atoms with van der Waals surface area (Å²) in [7, 11) is 3.25. The van der Waals surface area contributed by atoms with Crippen molar-refractivity contribution in [1.82, 2.24) is 9.97 Å². The molecule has 0 aliphatic heterocycles. The van der Waals surface area contributed by atoms with Gasteiger partial charge in [0.2, 0.25) is 0 Å². The van der Waals surface area contributed by atoms with Crippen molar-refractivity contribution < 1.29 is 9.47 Å². The van der Waals surface area contributed by atoms with Gasteiger partial charge in [0, 0.05) is 17.5 Å². The van der Waals surface area contributed by atoms with E-state index in [1.165, 1.54) is 11.8 Å². The molecule has 23 heavy (non-hydrogen) atoms. The minimum absolute atomic E-state index is 0.102. The van der Waals surface area contributed by atoms with E-state index in [4.69, 9.17) is 9.47 Å². The Morgan fingerprint density at radius 2 is 1.87 bits per heavy atom. The number of ether oxygens (including phenoxy) is 2. The molecule has 2 aromatic rings. The van der Waals surface area contributed by atoms with E-state index in [1.807, 2.05) is 19.1 Å². The largest absolute Gasteiger partial charge is 0.493 e. The molecule has 0 bridgehead atoms. The Balaban J connectivity index is 2.19. The first-order valence-corrected chi connectivity index (χ1v) is 8.50. The summed E-state index contributed by atoms with van der Waals surface area (Å²) in [6, 6.07) is 5.49. The average Bonchev–Trinajstić information content (AvgIpc) is 2.53. The Hall–Kier alpha value is -1.95. The number of methoxy groups -OCH3 is 2. The molecule has 1 aromatic carbocycles. The zero-order valence-electron chi connectivity index (χ0n) is 13.9. The maximum Gasteiger partial charge on any atom is 0.251 e. The van der Waals surface area contributed by atoms with Gasteiger partial charge in [0.05, 0.1) is 14.2 Å². The van der Waals surface area contributed by atoms with Gasteiger partial charge in [-0.05, 0) is 36.6 Å². The van der Waals surface area contributed by atoms with E-state index in [9.17, 15) is 4.79 Å². The Morgan fingerprint density at radius 1 is 1.17 bits per heavy atom. The van der Waals surface area contributed by atoms with Crippen molar-refractivity contribution >= 4 is 11.8 Å². The molecule has 0 saturated heterocycles. The summed E-state index contributed by atoms with van der Waals surface area (Å²) in [4.78, 5) is 19.0. The minimum Gasteiger partial charge on any atom is -0.493 e. The maximum atomic E-state index is 11.7. The zero-order chi connectivity index (χ0) is 16.8. The lowest BCUT2D eigenvalue weighted by atomic mass is 10.1. The van der Waals surface area contributed by atoms with E-state index < -0.39 is 0 Å². The molecule has 0 atom stereocenters. The highest BCUT2D eigenvalue weighted by molar-refractivity contribution is 7.98. The second-order valence-corrected chi connectivity index (χ2v) is 6.18. The van der Waals surface area contributed by atoms with Gasteiger partial charge in [-0.3, -0.25) is 4.79 Å². The van der Waals surface area contributed by atoms with Crippen molar-refractivity contribution in [2.45, 2.75) is 37.6 Å². The second-order valence-electron chi connectivity index (χ2n) is 5.21. The molecule has 0 aliphatic rings. The summed E-state index contributed by atoms with van der Waals surface area (Å²) in [5.41, 5.74) is 2.97. The Morgan fingerprint density at radius 3 is 2.52 bits per heavy atom. The fraction of sp³-hybridized carbons (Fsp3) is 0.412. The van der Waals surface area contributed by atoms with E-state index in [1.54, 1.807) is 20.3 Å². The fourth-order valence-electron chi connectivity index (χ4n) is 2.26. The van der Waals surface area contributed by atoms with E-state index in [2.05, 4.69) is 16.9 Å². The van der Waals surface area contributed by atoms with Gasteiger partial charge in [0.1, 0.15) is 0 Å². The van der Waals surface area contributed by atoms with Crippen LogP contribution in [0.4, 0.5) is 0 Å². The van der Waals surface area contributed by atoms with Crippen LogP contribution in [0.5, 0.6) is 11.5 Å². The predicted molar refractivity (Wildman–Crippen MR) is 92.7 cm³/mol. The van der Waals surface area contributed by atoms with Crippen LogP contribution in [0.15, 0.2) is 28.2 Å². The molecule has 2 rings (SSSR count). The van der Waals surface area contributed by atoms with Crippen molar-refractivity contribution in [3.63, 3.8) is 0 Å². The number of benzene rings is 1. The summed E-state index contributed by atoms with van der Waals surface area (Å²) in [5, 5.41) is 0.648. The number of aromatic nitrogens is 2. The van der Waals surface area contributed by atoms with Crippen molar-refractivity contribution in [2.24, 2.45) is 0 Å². The molecule has 0 aliphatic carbocycles. The number of hydrogen-bond acceptors (Lipinski definition) is 5. The summed E-state index contributed by atoms with van der Waals surface area (Å²) in [5.74, 6) is 2.12. The number of hydrogen-bond donors (Lipinski definition) is 1. The molecule has 1 N–H and O–H groups in total. The van der Waals surface area contributed by atoms with Crippen LogP contribution in [0.3, 0.4) is 0 Å². The molecule has 0 fully saturated rings. The van der Waals surface area contributed by atoms with Gasteiger partial charge in [-0.1, -0.05) is 25.1 Å². The van der Waals surface area contributed by atoms with Gasteiger partial charge in [-0.2, -0.15) is 0 Å². The fourth-order valence-corrected chi connectivity index (χ4v) is 3.22. The number of rotatable bonds is 7. The Labute approximate surface area is 140 Å². The predicted octanol–water partition coefficient (Wildman–Crippen LogP) is 3.34. The second kappa shape index (κ2) is 8.06. The molecule has 124 valence electrons. The number of nitrogens with zero attached hydrogens (tertiary/aromatic N) is 1. The first-order valence-electron chi connectivity index (χ1n) is 7.52. The molecule has 0 unspecified atom stereocenters. The van der Waals surface area contributed by atoms with Crippen molar-refractivity contribution in [3.8, 4) is 11.5 Å². The van der Waals surface area contributed by atoms with Crippen LogP contribution in [0.1, 0.15) is 30.2 Å². The third-order valence-electron chi connectivity index (χ3n) is 3.49. The van der Waals surface area contributed by atoms with Crippen molar-refractivity contribution in [3.05, 3.63) is 45.4 Å². The smallest absolute Gasteiger partial charge is 0.251 e. The van der Waals surface area contributed by atoms with Crippen LogP contribution in [-0.4, -0.2) is 24.2 Å². The number of nitrogens with one attached hydrogen (secondary N) is 1. The summed E-state index contributed by atoms with van der Waals surface area (Å²) < 4.78 is 10.6. The third-order valence-corrected chi connectivity index (χ3v) is 4.41. The van der Waals surface area contributed by atoms with Gasteiger partial charge < -0.3 is 14.5 Å². The van der Waals surface area contributed by atoms with E-state index >= 15 is 0 Å². The monoisotopic (exact) mass is 334 g/mol.